The quantitative estimate of drug-likeness (QED) is 0.577. The molecule has 0 unspecified atom stereocenters. The Bertz CT molecular complexity index is 1090. The van der Waals surface area contributed by atoms with E-state index < -0.39 is 21.9 Å². The number of hydrogen-bond donors (Lipinski definition) is 2. The van der Waals surface area contributed by atoms with Crippen molar-refractivity contribution in [2.24, 2.45) is 0 Å². The molecule has 0 atom stereocenters. The van der Waals surface area contributed by atoms with Crippen LogP contribution in [-0.4, -0.2) is 40.6 Å². The van der Waals surface area contributed by atoms with Crippen LogP contribution in [0.25, 0.3) is 0 Å². The van der Waals surface area contributed by atoms with Gasteiger partial charge in [-0.3, -0.25) is 9.52 Å². The van der Waals surface area contributed by atoms with Crippen molar-refractivity contribution in [2.75, 3.05) is 25.0 Å². The zero-order valence-corrected chi connectivity index (χ0v) is 19.4. The predicted octanol–water partition coefficient (Wildman–Crippen LogP) is 3.36. The number of thiophene rings is 1. The van der Waals surface area contributed by atoms with Crippen LogP contribution in [0, 0.1) is 0 Å². The van der Waals surface area contributed by atoms with Crippen molar-refractivity contribution in [1.82, 2.24) is 5.32 Å². The molecule has 1 heterocycles. The molecule has 0 aliphatic heterocycles. The van der Waals surface area contributed by atoms with Gasteiger partial charge in [0.1, 0.15) is 10.8 Å². The Hall–Kier alpha value is -2.59. The van der Waals surface area contributed by atoms with Crippen LogP contribution >= 0.6 is 11.3 Å². The first-order valence-electron chi connectivity index (χ1n) is 10.1. The Morgan fingerprint density at radius 2 is 1.90 bits per heavy atom. The van der Waals surface area contributed by atoms with Crippen LogP contribution in [0.2, 0.25) is 0 Å². The number of hydrogen-bond acceptors (Lipinski definition) is 7. The van der Waals surface area contributed by atoms with Crippen LogP contribution in [0.3, 0.4) is 0 Å². The first kappa shape index (κ1) is 23.1. The molecule has 0 saturated heterocycles. The number of carbonyl (C=O) groups is 2. The summed E-state index contributed by atoms with van der Waals surface area (Å²) in [5.41, 5.74) is 1.27. The smallest absolute Gasteiger partial charge is 0.341 e. The molecule has 0 radical (unpaired) electrons. The van der Waals surface area contributed by atoms with Gasteiger partial charge in [0.05, 0.1) is 29.7 Å². The highest BCUT2D eigenvalue weighted by Crippen LogP contribution is 2.39. The number of nitrogens with one attached hydrogen (secondary N) is 2. The molecule has 0 bridgehead atoms. The number of anilines is 1. The molecular formula is C21H26N2O6S2. The maximum atomic E-state index is 13.2. The molecular weight excluding hydrogens is 440 g/mol. The molecule has 1 aromatic carbocycles. The fourth-order valence-electron chi connectivity index (χ4n) is 3.53. The summed E-state index contributed by atoms with van der Waals surface area (Å²) in [5, 5.41) is 2.89. The van der Waals surface area contributed by atoms with Crippen LogP contribution < -0.4 is 14.8 Å². The summed E-state index contributed by atoms with van der Waals surface area (Å²) in [5.74, 6) is -0.698. The summed E-state index contributed by atoms with van der Waals surface area (Å²) >= 11 is 1.27. The third-order valence-electron chi connectivity index (χ3n) is 4.94. The average molecular weight is 467 g/mol. The first-order valence-corrected chi connectivity index (χ1v) is 12.4. The fraction of sp³-hybridized carbons (Fsp3) is 0.429. The van der Waals surface area contributed by atoms with Crippen molar-refractivity contribution in [3.05, 3.63) is 39.8 Å². The Morgan fingerprint density at radius 3 is 2.58 bits per heavy atom. The fourth-order valence-corrected chi connectivity index (χ4v) is 6.13. The van der Waals surface area contributed by atoms with Gasteiger partial charge in [-0.05, 0) is 63.3 Å². The molecule has 8 nitrogen and oxygen atoms in total. The molecule has 2 N–H and O–H groups in total. The van der Waals surface area contributed by atoms with E-state index in [1.54, 1.807) is 13.8 Å². The summed E-state index contributed by atoms with van der Waals surface area (Å²) < 4.78 is 39.2. The lowest BCUT2D eigenvalue weighted by molar-refractivity contribution is 0.0526. The van der Waals surface area contributed by atoms with Gasteiger partial charge in [0.25, 0.3) is 15.9 Å². The molecule has 0 spiro atoms. The van der Waals surface area contributed by atoms with Gasteiger partial charge in [-0.15, -0.1) is 11.3 Å². The maximum absolute atomic E-state index is 13.2. The Labute approximate surface area is 186 Å². The third kappa shape index (κ3) is 4.85. The number of benzene rings is 1. The van der Waals surface area contributed by atoms with E-state index in [1.165, 1.54) is 36.6 Å². The third-order valence-corrected chi connectivity index (χ3v) is 7.62. The zero-order chi connectivity index (χ0) is 22.6. The lowest BCUT2D eigenvalue weighted by atomic mass is 9.95. The highest BCUT2D eigenvalue weighted by Gasteiger charge is 2.29. The topological polar surface area (TPSA) is 111 Å². The van der Waals surface area contributed by atoms with E-state index in [4.69, 9.17) is 9.47 Å². The highest BCUT2D eigenvalue weighted by atomic mass is 32.2. The Morgan fingerprint density at radius 1 is 1.16 bits per heavy atom. The number of fused-ring (bicyclic) bond motifs is 1. The minimum atomic E-state index is -4.06. The number of carbonyl (C=O) groups excluding carboxylic acids is 2. The van der Waals surface area contributed by atoms with E-state index in [2.05, 4.69) is 10.0 Å². The summed E-state index contributed by atoms with van der Waals surface area (Å²) in [6, 6.07) is 4.07. The van der Waals surface area contributed by atoms with Crippen LogP contribution in [0.5, 0.6) is 5.75 Å². The van der Waals surface area contributed by atoms with E-state index in [9.17, 15) is 18.0 Å². The second-order valence-corrected chi connectivity index (χ2v) is 9.75. The van der Waals surface area contributed by atoms with Gasteiger partial charge >= 0.3 is 5.97 Å². The Kier molecular flexibility index (Phi) is 7.22. The Balaban J connectivity index is 2.01. The number of methoxy groups -OCH3 is 1. The first-order chi connectivity index (χ1) is 14.8. The normalized spacial score (nSPS) is 13.3. The molecule has 31 heavy (non-hydrogen) atoms. The number of rotatable bonds is 8. The zero-order valence-electron chi connectivity index (χ0n) is 17.7. The average Bonchev–Trinajstić information content (AvgIpc) is 3.10. The van der Waals surface area contributed by atoms with Gasteiger partial charge in [-0.25, -0.2) is 13.2 Å². The number of sulfonamides is 1. The highest BCUT2D eigenvalue weighted by molar-refractivity contribution is 7.93. The van der Waals surface area contributed by atoms with Gasteiger partial charge in [0.2, 0.25) is 0 Å². The predicted molar refractivity (Wildman–Crippen MR) is 119 cm³/mol. The minimum Gasteiger partial charge on any atom is -0.496 e. The number of ether oxygens (including phenoxy) is 2. The van der Waals surface area contributed by atoms with Gasteiger partial charge in [0.15, 0.2) is 0 Å². The number of aryl methyl sites for hydroxylation is 1. The molecule has 2 aromatic rings. The van der Waals surface area contributed by atoms with Crippen LogP contribution in [0.1, 0.15) is 57.8 Å². The summed E-state index contributed by atoms with van der Waals surface area (Å²) in [4.78, 5) is 25.8. The molecule has 10 heteroatoms. The molecule has 0 saturated carbocycles. The standard InChI is InChI=1S/C21H26N2O6S2/c1-4-22-19(24)15-12-13(10-11-16(15)28-3)31(26,27)23-20-18(21(25)29-5-2)14-8-6-7-9-17(14)30-20/h10-12,23H,4-9H2,1-3H3,(H,22,24). The van der Waals surface area contributed by atoms with Crippen molar-refractivity contribution in [2.45, 2.75) is 44.4 Å². The SMILES string of the molecule is CCNC(=O)c1cc(S(=O)(=O)Nc2sc3c(c2C(=O)OCC)CCCC3)ccc1OC. The second-order valence-electron chi connectivity index (χ2n) is 6.96. The summed E-state index contributed by atoms with van der Waals surface area (Å²) in [6.07, 6.45) is 3.46. The molecule has 168 valence electrons. The van der Waals surface area contributed by atoms with Gasteiger partial charge in [0, 0.05) is 11.4 Å². The van der Waals surface area contributed by atoms with Crippen LogP contribution in [0.4, 0.5) is 5.00 Å². The van der Waals surface area contributed by atoms with Gasteiger partial charge < -0.3 is 14.8 Å². The minimum absolute atomic E-state index is 0.101. The van der Waals surface area contributed by atoms with Crippen molar-refractivity contribution in [1.29, 1.82) is 0 Å². The number of esters is 1. The van der Waals surface area contributed by atoms with E-state index in [1.807, 2.05) is 0 Å². The molecule has 1 aliphatic carbocycles. The lowest BCUT2D eigenvalue weighted by Gasteiger charge is -2.13. The van der Waals surface area contributed by atoms with Crippen molar-refractivity contribution in [3.8, 4) is 5.75 Å². The molecule has 0 fully saturated rings. The van der Waals surface area contributed by atoms with Gasteiger partial charge in [-0.1, -0.05) is 0 Å². The van der Waals surface area contributed by atoms with Crippen LogP contribution in [-0.2, 0) is 27.6 Å². The van der Waals surface area contributed by atoms with Crippen LogP contribution in [0.15, 0.2) is 23.1 Å². The lowest BCUT2D eigenvalue weighted by Crippen LogP contribution is -2.24. The van der Waals surface area contributed by atoms with Crippen molar-refractivity contribution in [3.63, 3.8) is 0 Å². The van der Waals surface area contributed by atoms with Crippen molar-refractivity contribution < 1.29 is 27.5 Å². The largest absolute Gasteiger partial charge is 0.496 e. The van der Waals surface area contributed by atoms with Crippen molar-refractivity contribution >= 4 is 38.2 Å². The maximum Gasteiger partial charge on any atom is 0.341 e. The molecule has 3 rings (SSSR count). The van der Waals surface area contributed by atoms with E-state index in [0.29, 0.717) is 18.5 Å². The van der Waals surface area contributed by atoms with Gasteiger partial charge in [-0.2, -0.15) is 0 Å². The van der Waals surface area contributed by atoms with E-state index >= 15 is 0 Å². The summed E-state index contributed by atoms with van der Waals surface area (Å²) in [7, 11) is -2.65. The second kappa shape index (κ2) is 9.69. The van der Waals surface area contributed by atoms with E-state index in [0.717, 1.165) is 29.7 Å². The van der Waals surface area contributed by atoms with E-state index in [-0.39, 0.29) is 27.8 Å². The molecule has 1 amide bonds. The monoisotopic (exact) mass is 466 g/mol. The molecule has 1 aliphatic rings. The molecule has 1 aromatic heterocycles. The number of amides is 1. The summed E-state index contributed by atoms with van der Waals surface area (Å²) in [6.45, 7) is 4.06.